The smallest absolute Gasteiger partial charge is 0.349 e. The van der Waals surface area contributed by atoms with Crippen molar-refractivity contribution in [2.75, 3.05) is 6.61 Å². The Morgan fingerprint density at radius 3 is 2.78 bits per heavy atom. The highest BCUT2D eigenvalue weighted by atomic mass is 35.5. The van der Waals surface area contributed by atoms with Crippen LogP contribution in [0, 0.1) is 6.92 Å². The van der Waals surface area contributed by atoms with Gasteiger partial charge in [-0.3, -0.25) is 14.2 Å². The van der Waals surface area contributed by atoms with E-state index in [0.717, 1.165) is 30.0 Å². The number of thiophene rings is 1. The standard InChI is InChI=1S/C19H15ClN2O4S/c1-10-15-17(21-14-3-2-8-22(14)18(15)24)27-16(10)19(25)26-9-13(23)11-4-6-12(20)7-5-11/h4-7H,2-3,8-9H2,1H3. The molecule has 3 aromatic rings. The maximum atomic E-state index is 12.7. The first-order valence-corrected chi connectivity index (χ1v) is 9.64. The van der Waals surface area contributed by atoms with Gasteiger partial charge in [-0.15, -0.1) is 11.3 Å². The predicted octanol–water partition coefficient (Wildman–Crippen LogP) is 3.41. The quantitative estimate of drug-likeness (QED) is 0.493. The van der Waals surface area contributed by atoms with Gasteiger partial charge in [-0.1, -0.05) is 11.6 Å². The largest absolute Gasteiger partial charge is 0.453 e. The van der Waals surface area contributed by atoms with Gasteiger partial charge in [0, 0.05) is 23.6 Å². The van der Waals surface area contributed by atoms with Crippen LogP contribution in [0.15, 0.2) is 29.1 Å². The summed E-state index contributed by atoms with van der Waals surface area (Å²) in [4.78, 5) is 42.7. The Hall–Kier alpha value is -2.51. The van der Waals surface area contributed by atoms with E-state index in [4.69, 9.17) is 16.3 Å². The van der Waals surface area contributed by atoms with E-state index in [0.29, 0.717) is 37.8 Å². The van der Waals surface area contributed by atoms with E-state index < -0.39 is 5.97 Å². The fraction of sp³-hybridized carbons (Fsp3) is 0.263. The number of aromatic nitrogens is 2. The molecule has 0 fully saturated rings. The van der Waals surface area contributed by atoms with E-state index in [2.05, 4.69) is 4.98 Å². The van der Waals surface area contributed by atoms with Crippen LogP contribution in [-0.4, -0.2) is 27.9 Å². The number of nitrogens with zero attached hydrogens (tertiary/aromatic N) is 2. The SMILES string of the molecule is Cc1c(C(=O)OCC(=O)c2ccc(Cl)cc2)sc2nc3n(c(=O)c12)CCC3. The van der Waals surface area contributed by atoms with E-state index in [1.807, 2.05) is 0 Å². The summed E-state index contributed by atoms with van der Waals surface area (Å²) >= 11 is 6.94. The summed E-state index contributed by atoms with van der Waals surface area (Å²) in [5.41, 5.74) is 0.854. The first-order valence-electron chi connectivity index (χ1n) is 8.44. The second kappa shape index (κ2) is 6.90. The molecule has 1 aliphatic rings. The molecule has 0 saturated carbocycles. The zero-order valence-corrected chi connectivity index (χ0v) is 16.0. The monoisotopic (exact) mass is 402 g/mol. The van der Waals surface area contributed by atoms with Gasteiger partial charge in [0.25, 0.3) is 5.56 Å². The number of ketones is 1. The Kier molecular flexibility index (Phi) is 4.57. The average molecular weight is 403 g/mol. The molecule has 8 heteroatoms. The van der Waals surface area contributed by atoms with Gasteiger partial charge >= 0.3 is 5.97 Å². The summed E-state index contributed by atoms with van der Waals surface area (Å²) in [6.07, 6.45) is 1.66. The van der Waals surface area contributed by atoms with Crippen LogP contribution in [-0.2, 0) is 17.7 Å². The van der Waals surface area contributed by atoms with Crippen LogP contribution in [0.2, 0.25) is 5.02 Å². The Labute approximate surface area is 163 Å². The molecule has 0 N–H and O–H groups in total. The fourth-order valence-electron chi connectivity index (χ4n) is 3.19. The molecule has 27 heavy (non-hydrogen) atoms. The van der Waals surface area contributed by atoms with Crippen LogP contribution in [0.4, 0.5) is 0 Å². The van der Waals surface area contributed by atoms with Gasteiger partial charge in [0.2, 0.25) is 0 Å². The Balaban J connectivity index is 1.57. The first-order chi connectivity index (χ1) is 13.0. The number of hydrogen-bond acceptors (Lipinski definition) is 6. The third-order valence-corrected chi connectivity index (χ3v) is 6.02. The zero-order valence-electron chi connectivity index (χ0n) is 14.5. The normalized spacial score (nSPS) is 13.0. The third-order valence-electron chi connectivity index (χ3n) is 4.60. The molecule has 1 aromatic carbocycles. The van der Waals surface area contributed by atoms with Crippen LogP contribution in [0.3, 0.4) is 0 Å². The average Bonchev–Trinajstić information content (AvgIpc) is 3.25. The van der Waals surface area contributed by atoms with Crippen LogP contribution in [0.5, 0.6) is 0 Å². The topological polar surface area (TPSA) is 78.3 Å². The number of Topliss-reactive ketones (excluding diaryl/α,β-unsaturated/α-hetero) is 1. The number of carbonyl (C=O) groups is 2. The van der Waals surface area contributed by atoms with Crippen LogP contribution < -0.4 is 5.56 Å². The summed E-state index contributed by atoms with van der Waals surface area (Å²) in [7, 11) is 0. The molecule has 0 amide bonds. The first kappa shape index (κ1) is 17.9. The highest BCUT2D eigenvalue weighted by Crippen LogP contribution is 2.29. The highest BCUT2D eigenvalue weighted by molar-refractivity contribution is 7.20. The van der Waals surface area contributed by atoms with E-state index in [9.17, 15) is 14.4 Å². The summed E-state index contributed by atoms with van der Waals surface area (Å²) in [6, 6.07) is 6.36. The number of esters is 1. The van der Waals surface area contributed by atoms with Crippen molar-refractivity contribution in [2.45, 2.75) is 26.3 Å². The van der Waals surface area contributed by atoms with Gasteiger partial charge in [-0.25, -0.2) is 9.78 Å². The molecule has 1 aliphatic heterocycles. The lowest BCUT2D eigenvalue weighted by Gasteiger charge is -2.04. The molecule has 0 radical (unpaired) electrons. The minimum Gasteiger partial charge on any atom is -0.453 e. The van der Waals surface area contributed by atoms with Crippen molar-refractivity contribution in [3.63, 3.8) is 0 Å². The second-order valence-electron chi connectivity index (χ2n) is 6.33. The maximum Gasteiger partial charge on any atom is 0.349 e. The lowest BCUT2D eigenvalue weighted by atomic mass is 10.1. The fourth-order valence-corrected chi connectivity index (χ4v) is 4.40. The van der Waals surface area contributed by atoms with Crippen molar-refractivity contribution in [3.8, 4) is 0 Å². The summed E-state index contributed by atoms with van der Waals surface area (Å²) in [5, 5.41) is 0.983. The zero-order chi connectivity index (χ0) is 19.1. The van der Waals surface area contributed by atoms with Crippen molar-refractivity contribution in [1.82, 2.24) is 9.55 Å². The molecule has 0 aliphatic carbocycles. The van der Waals surface area contributed by atoms with Crippen molar-refractivity contribution < 1.29 is 14.3 Å². The molecule has 138 valence electrons. The number of aryl methyl sites for hydroxylation is 2. The molecule has 0 saturated heterocycles. The minimum atomic E-state index is -0.623. The van der Waals surface area contributed by atoms with Gasteiger partial charge in [0.15, 0.2) is 12.4 Å². The van der Waals surface area contributed by atoms with Crippen LogP contribution in [0.25, 0.3) is 10.2 Å². The number of hydrogen-bond donors (Lipinski definition) is 0. The molecule has 0 unspecified atom stereocenters. The lowest BCUT2D eigenvalue weighted by molar-refractivity contribution is 0.0479. The van der Waals surface area contributed by atoms with E-state index in [-0.39, 0.29) is 17.9 Å². The van der Waals surface area contributed by atoms with Crippen molar-refractivity contribution >= 4 is 44.9 Å². The molecule has 6 nitrogen and oxygen atoms in total. The number of benzene rings is 1. The van der Waals surface area contributed by atoms with Gasteiger partial charge in [-0.2, -0.15) is 0 Å². The number of rotatable bonds is 4. The molecule has 0 bridgehead atoms. The maximum absolute atomic E-state index is 12.7. The van der Waals surface area contributed by atoms with Crippen molar-refractivity contribution in [1.29, 1.82) is 0 Å². The molecular formula is C19H15ClN2O4S. The molecule has 0 spiro atoms. The van der Waals surface area contributed by atoms with Crippen LogP contribution >= 0.6 is 22.9 Å². The molecule has 4 rings (SSSR count). The Bertz CT molecular complexity index is 1130. The van der Waals surface area contributed by atoms with E-state index in [1.54, 1.807) is 35.8 Å². The Morgan fingerprint density at radius 1 is 1.30 bits per heavy atom. The van der Waals surface area contributed by atoms with Crippen LogP contribution in [0.1, 0.15) is 37.8 Å². The number of halogens is 1. The summed E-state index contributed by atoms with van der Waals surface area (Å²) in [5.74, 6) is -0.190. The second-order valence-corrected chi connectivity index (χ2v) is 7.77. The van der Waals surface area contributed by atoms with E-state index >= 15 is 0 Å². The van der Waals surface area contributed by atoms with Gasteiger partial charge in [0.1, 0.15) is 15.5 Å². The van der Waals surface area contributed by atoms with Gasteiger partial charge in [0.05, 0.1) is 5.39 Å². The van der Waals surface area contributed by atoms with Gasteiger partial charge < -0.3 is 4.74 Å². The van der Waals surface area contributed by atoms with Crippen molar-refractivity contribution in [3.05, 3.63) is 61.5 Å². The molecule has 0 atom stereocenters. The van der Waals surface area contributed by atoms with Gasteiger partial charge in [-0.05, 0) is 43.2 Å². The third kappa shape index (κ3) is 3.17. The Morgan fingerprint density at radius 2 is 2.04 bits per heavy atom. The highest BCUT2D eigenvalue weighted by Gasteiger charge is 2.24. The number of ether oxygens (including phenoxy) is 1. The number of fused-ring (bicyclic) bond motifs is 2. The van der Waals surface area contributed by atoms with Crippen molar-refractivity contribution in [2.24, 2.45) is 0 Å². The summed E-state index contributed by atoms with van der Waals surface area (Å²) < 4.78 is 6.85. The molecule has 3 heterocycles. The molecule has 2 aromatic heterocycles. The minimum absolute atomic E-state index is 0.113. The summed E-state index contributed by atoms with van der Waals surface area (Å²) in [6.45, 7) is 1.99. The lowest BCUT2D eigenvalue weighted by Crippen LogP contribution is -2.20. The predicted molar refractivity (Wildman–Crippen MR) is 103 cm³/mol. The molecular weight excluding hydrogens is 388 g/mol. The van der Waals surface area contributed by atoms with E-state index in [1.165, 1.54) is 0 Å². The number of carbonyl (C=O) groups excluding carboxylic acids is 2.